The Kier molecular flexibility index (Phi) is 4.24. The first kappa shape index (κ1) is 14.9. The van der Waals surface area contributed by atoms with Crippen molar-refractivity contribution in [2.24, 2.45) is 0 Å². The molecule has 0 bridgehead atoms. The maximum absolute atomic E-state index is 11.7. The van der Waals surface area contributed by atoms with Crippen molar-refractivity contribution in [1.29, 1.82) is 0 Å². The molecular weight excluding hydrogens is 308 g/mol. The summed E-state index contributed by atoms with van der Waals surface area (Å²) in [5.41, 5.74) is 1.66. The number of sulfonamides is 1. The molecule has 0 spiro atoms. The van der Waals surface area contributed by atoms with Crippen LogP contribution >= 0.6 is 11.8 Å². The molecule has 2 heterocycles. The minimum atomic E-state index is -2.99. The van der Waals surface area contributed by atoms with Crippen LogP contribution in [0.1, 0.15) is 24.5 Å². The van der Waals surface area contributed by atoms with E-state index in [0.29, 0.717) is 24.7 Å². The predicted octanol–water partition coefficient (Wildman–Crippen LogP) is 2.66. The first-order valence-electron chi connectivity index (χ1n) is 7.01. The zero-order valence-electron chi connectivity index (χ0n) is 11.9. The molecule has 1 saturated heterocycles. The quantitative estimate of drug-likeness (QED) is 0.845. The fourth-order valence-corrected chi connectivity index (χ4v) is 4.98. The first-order chi connectivity index (χ1) is 10.1. The number of benzene rings is 1. The Hall–Kier alpha value is -1.05. The summed E-state index contributed by atoms with van der Waals surface area (Å²) in [7, 11) is -2.99. The summed E-state index contributed by atoms with van der Waals surface area (Å²) >= 11 is 1.67. The average Bonchev–Trinajstić information content (AvgIpc) is 3.02. The number of thioether (sulfide) groups is 1. The molecule has 0 aliphatic carbocycles. The van der Waals surface area contributed by atoms with E-state index in [1.807, 2.05) is 31.2 Å². The molecule has 0 saturated carbocycles. The summed E-state index contributed by atoms with van der Waals surface area (Å²) in [5.74, 6) is 1.74. The lowest BCUT2D eigenvalue weighted by atomic mass is 10.3. The van der Waals surface area contributed by atoms with Crippen LogP contribution in [0.25, 0.3) is 11.1 Å². The van der Waals surface area contributed by atoms with Crippen LogP contribution < -0.4 is 0 Å². The number of rotatable bonds is 5. The lowest BCUT2D eigenvalue weighted by Crippen LogP contribution is -2.28. The Morgan fingerprint density at radius 1 is 1.43 bits per heavy atom. The summed E-state index contributed by atoms with van der Waals surface area (Å²) in [6.45, 7) is 3.26. The van der Waals surface area contributed by atoms with Crippen LogP contribution in [-0.4, -0.2) is 42.3 Å². The van der Waals surface area contributed by atoms with Crippen molar-refractivity contribution in [1.82, 2.24) is 9.29 Å². The highest BCUT2D eigenvalue weighted by atomic mass is 32.2. The van der Waals surface area contributed by atoms with Gasteiger partial charge in [-0.2, -0.15) is 0 Å². The lowest BCUT2D eigenvalue weighted by Gasteiger charge is -2.14. The van der Waals surface area contributed by atoms with Gasteiger partial charge in [-0.3, -0.25) is 0 Å². The number of oxazole rings is 1. The Labute approximate surface area is 128 Å². The van der Waals surface area contributed by atoms with Crippen molar-refractivity contribution in [3.8, 4) is 0 Å². The Balaban J connectivity index is 1.58. The van der Waals surface area contributed by atoms with Crippen LogP contribution in [0.4, 0.5) is 0 Å². The molecule has 1 aromatic heterocycles. The normalized spacial score (nSPS) is 20.0. The van der Waals surface area contributed by atoms with E-state index in [9.17, 15) is 8.42 Å². The summed E-state index contributed by atoms with van der Waals surface area (Å²) in [5, 5.41) is 0.114. The van der Waals surface area contributed by atoms with Crippen molar-refractivity contribution >= 4 is 32.9 Å². The summed E-state index contributed by atoms with van der Waals surface area (Å²) in [4.78, 5) is 4.47. The summed E-state index contributed by atoms with van der Waals surface area (Å²) < 4.78 is 30.7. The van der Waals surface area contributed by atoms with E-state index in [4.69, 9.17) is 4.42 Å². The van der Waals surface area contributed by atoms with Gasteiger partial charge in [0.15, 0.2) is 5.58 Å². The highest BCUT2D eigenvalue weighted by Gasteiger charge is 2.27. The van der Waals surface area contributed by atoms with E-state index in [1.165, 1.54) is 0 Å². The molecule has 1 fully saturated rings. The van der Waals surface area contributed by atoms with E-state index in [-0.39, 0.29) is 5.25 Å². The second-order valence-electron chi connectivity index (χ2n) is 5.10. The van der Waals surface area contributed by atoms with E-state index >= 15 is 0 Å². The molecule has 1 aliphatic heterocycles. The van der Waals surface area contributed by atoms with Gasteiger partial charge in [0.2, 0.25) is 15.9 Å². The molecule has 0 N–H and O–H groups in total. The van der Waals surface area contributed by atoms with Gasteiger partial charge in [0.05, 0.1) is 11.0 Å². The number of para-hydroxylation sites is 2. The summed E-state index contributed by atoms with van der Waals surface area (Å²) in [6, 6.07) is 7.69. The predicted molar refractivity (Wildman–Crippen MR) is 84.9 cm³/mol. The Bertz CT molecular complexity index is 694. The monoisotopic (exact) mass is 326 g/mol. The van der Waals surface area contributed by atoms with Crippen LogP contribution in [0.3, 0.4) is 0 Å². The fraction of sp³-hybridized carbons (Fsp3) is 0.500. The van der Waals surface area contributed by atoms with E-state index < -0.39 is 10.0 Å². The molecule has 3 rings (SSSR count). The largest absolute Gasteiger partial charge is 0.439 e. The second kappa shape index (κ2) is 5.98. The van der Waals surface area contributed by atoms with Crippen molar-refractivity contribution in [2.45, 2.75) is 18.6 Å². The van der Waals surface area contributed by atoms with E-state index in [2.05, 4.69) is 4.98 Å². The molecule has 7 heteroatoms. The van der Waals surface area contributed by atoms with Gasteiger partial charge in [-0.15, -0.1) is 11.8 Å². The zero-order chi connectivity index (χ0) is 14.9. The fourth-order valence-electron chi connectivity index (χ4n) is 2.41. The minimum Gasteiger partial charge on any atom is -0.439 e. The van der Waals surface area contributed by atoms with Crippen LogP contribution in [0.2, 0.25) is 0 Å². The molecular formula is C14H18N2O3S2. The first-order valence-corrected chi connectivity index (χ1v) is 9.67. The van der Waals surface area contributed by atoms with Gasteiger partial charge >= 0.3 is 0 Å². The van der Waals surface area contributed by atoms with Gasteiger partial charge in [-0.1, -0.05) is 12.1 Å². The van der Waals surface area contributed by atoms with Crippen LogP contribution in [-0.2, 0) is 10.0 Å². The van der Waals surface area contributed by atoms with Crippen molar-refractivity contribution in [2.75, 3.05) is 24.6 Å². The molecule has 5 nitrogen and oxygen atoms in total. The van der Waals surface area contributed by atoms with Gasteiger partial charge in [-0.25, -0.2) is 17.7 Å². The third kappa shape index (κ3) is 3.25. The number of hydrogen-bond donors (Lipinski definition) is 0. The molecule has 2 aromatic rings. The van der Waals surface area contributed by atoms with Crippen LogP contribution in [0.5, 0.6) is 0 Å². The standard InChI is InChI=1S/C14H18N2O3S2/c1-11(14-15-12-5-2-3-6-13(12)19-14)20-9-8-16-7-4-10-21(16,17)18/h2-3,5-6,11H,4,7-10H2,1H3. The molecule has 1 aromatic carbocycles. The smallest absolute Gasteiger partial charge is 0.214 e. The highest BCUT2D eigenvalue weighted by molar-refractivity contribution is 7.99. The molecule has 114 valence electrons. The molecule has 0 amide bonds. The number of aromatic nitrogens is 1. The molecule has 0 radical (unpaired) electrons. The molecule has 1 unspecified atom stereocenters. The van der Waals surface area contributed by atoms with E-state index in [1.54, 1.807) is 16.1 Å². The zero-order valence-corrected chi connectivity index (χ0v) is 13.5. The molecule has 1 aliphatic rings. The third-order valence-electron chi connectivity index (χ3n) is 3.57. The topological polar surface area (TPSA) is 63.4 Å². The van der Waals surface area contributed by atoms with Crippen LogP contribution in [0.15, 0.2) is 28.7 Å². The number of hydrogen-bond acceptors (Lipinski definition) is 5. The maximum Gasteiger partial charge on any atom is 0.214 e. The Morgan fingerprint density at radius 2 is 2.24 bits per heavy atom. The van der Waals surface area contributed by atoms with Crippen molar-refractivity contribution < 1.29 is 12.8 Å². The summed E-state index contributed by atoms with van der Waals surface area (Å²) in [6.07, 6.45) is 0.744. The van der Waals surface area contributed by atoms with Crippen molar-refractivity contribution in [3.05, 3.63) is 30.2 Å². The average molecular weight is 326 g/mol. The third-order valence-corrected chi connectivity index (χ3v) is 6.65. The van der Waals surface area contributed by atoms with E-state index in [0.717, 1.165) is 23.3 Å². The van der Waals surface area contributed by atoms with Gasteiger partial charge in [0, 0.05) is 18.8 Å². The van der Waals surface area contributed by atoms with Crippen molar-refractivity contribution in [3.63, 3.8) is 0 Å². The molecule has 1 atom stereocenters. The minimum absolute atomic E-state index is 0.114. The highest BCUT2D eigenvalue weighted by Crippen LogP contribution is 2.30. The maximum atomic E-state index is 11.7. The van der Waals surface area contributed by atoms with Gasteiger partial charge in [-0.05, 0) is 25.5 Å². The van der Waals surface area contributed by atoms with Gasteiger partial charge in [0.25, 0.3) is 0 Å². The van der Waals surface area contributed by atoms with Gasteiger partial charge < -0.3 is 4.42 Å². The number of fused-ring (bicyclic) bond motifs is 1. The SMILES string of the molecule is CC(SCCN1CCCS1(=O)=O)c1nc2ccccc2o1. The molecule has 21 heavy (non-hydrogen) atoms. The lowest BCUT2D eigenvalue weighted by molar-refractivity contribution is 0.465. The number of nitrogens with zero attached hydrogens (tertiary/aromatic N) is 2. The van der Waals surface area contributed by atoms with Crippen LogP contribution in [0, 0.1) is 0 Å². The Morgan fingerprint density at radius 3 is 2.95 bits per heavy atom. The second-order valence-corrected chi connectivity index (χ2v) is 8.64. The van der Waals surface area contributed by atoms with Gasteiger partial charge in [0.1, 0.15) is 5.52 Å².